The Labute approximate surface area is 113 Å². The molecule has 1 aromatic rings. The average Bonchev–Trinajstić information content (AvgIpc) is 2.36. The fourth-order valence-electron chi connectivity index (χ4n) is 1.84. The van der Waals surface area contributed by atoms with E-state index in [1.165, 1.54) is 6.33 Å². The number of likely N-dealkylation sites (N-methyl/N-ethyl adjacent to an activating group) is 1. The number of nitrogens with zero attached hydrogens (tertiary/aromatic N) is 3. The van der Waals surface area contributed by atoms with E-state index in [2.05, 4.69) is 20.7 Å². The Kier molecular flexibility index (Phi) is 5.50. The maximum absolute atomic E-state index is 11.8. The lowest BCUT2D eigenvalue weighted by Crippen LogP contribution is -2.39. The maximum Gasteiger partial charge on any atom is 0.239 e. The number of hydrazine groups is 1. The largest absolute Gasteiger partial charge is 0.352 e. The number of carbonyl (C=O) groups excluding carboxylic acids is 1. The first-order valence-corrected chi connectivity index (χ1v) is 6.30. The molecule has 0 aromatic carbocycles. The Hall–Kier alpha value is -1.89. The summed E-state index contributed by atoms with van der Waals surface area (Å²) in [4.78, 5) is 21.8. The monoisotopic (exact) mass is 266 g/mol. The third kappa shape index (κ3) is 4.06. The molecule has 7 heteroatoms. The first-order chi connectivity index (χ1) is 8.99. The highest BCUT2D eigenvalue weighted by molar-refractivity contribution is 5.81. The van der Waals surface area contributed by atoms with Gasteiger partial charge in [0, 0.05) is 18.7 Å². The number of anilines is 2. The molecule has 0 atom stereocenters. The van der Waals surface area contributed by atoms with Crippen LogP contribution in [0.4, 0.5) is 11.6 Å². The smallest absolute Gasteiger partial charge is 0.239 e. The number of nitrogen functional groups attached to an aromatic ring is 1. The summed E-state index contributed by atoms with van der Waals surface area (Å²) in [5, 5.41) is 2.85. The number of rotatable bonds is 6. The van der Waals surface area contributed by atoms with Gasteiger partial charge in [0.15, 0.2) is 0 Å². The van der Waals surface area contributed by atoms with Crippen LogP contribution in [0, 0.1) is 0 Å². The molecule has 1 heterocycles. The third-order valence-corrected chi connectivity index (χ3v) is 2.60. The molecule has 0 bridgehead atoms. The molecule has 0 saturated carbocycles. The van der Waals surface area contributed by atoms with E-state index in [1.54, 1.807) is 4.90 Å². The summed E-state index contributed by atoms with van der Waals surface area (Å²) in [6, 6.07) is 0.123. The SMILES string of the molecule is CCc1c(NN)ncnc1N(C)CC(=O)NC(C)C. The van der Waals surface area contributed by atoms with E-state index >= 15 is 0 Å². The van der Waals surface area contributed by atoms with Crippen molar-refractivity contribution in [2.75, 3.05) is 23.9 Å². The standard InChI is InChI=1S/C12H22N6O/c1-5-9-11(17-13)14-7-15-12(9)18(4)6-10(19)16-8(2)3/h7-8H,5-6,13H2,1-4H3,(H,16,19)(H,14,15,17). The molecule has 0 aliphatic rings. The average molecular weight is 266 g/mol. The van der Waals surface area contributed by atoms with Crippen LogP contribution in [0.5, 0.6) is 0 Å². The second-order valence-corrected chi connectivity index (χ2v) is 4.60. The van der Waals surface area contributed by atoms with Gasteiger partial charge in [-0.05, 0) is 20.3 Å². The second-order valence-electron chi connectivity index (χ2n) is 4.60. The van der Waals surface area contributed by atoms with Crippen LogP contribution in [0.2, 0.25) is 0 Å². The number of amides is 1. The molecule has 0 unspecified atom stereocenters. The highest BCUT2D eigenvalue weighted by Crippen LogP contribution is 2.22. The molecule has 1 aromatic heterocycles. The van der Waals surface area contributed by atoms with Crippen LogP contribution < -0.4 is 21.5 Å². The van der Waals surface area contributed by atoms with E-state index in [0.29, 0.717) is 11.6 Å². The predicted octanol–water partition coefficient (Wildman–Crippen LogP) is 0.285. The molecule has 4 N–H and O–H groups in total. The van der Waals surface area contributed by atoms with Gasteiger partial charge in [0.25, 0.3) is 0 Å². The van der Waals surface area contributed by atoms with Crippen molar-refractivity contribution in [3.63, 3.8) is 0 Å². The Bertz CT molecular complexity index is 434. The van der Waals surface area contributed by atoms with Gasteiger partial charge in [-0.25, -0.2) is 15.8 Å². The van der Waals surface area contributed by atoms with E-state index in [0.717, 1.165) is 12.0 Å². The number of hydrogen-bond acceptors (Lipinski definition) is 6. The Morgan fingerprint density at radius 2 is 2.16 bits per heavy atom. The van der Waals surface area contributed by atoms with Crippen molar-refractivity contribution in [1.29, 1.82) is 0 Å². The summed E-state index contributed by atoms with van der Waals surface area (Å²) in [5.41, 5.74) is 3.44. The molecule has 0 saturated heterocycles. The van der Waals surface area contributed by atoms with Crippen molar-refractivity contribution in [3.8, 4) is 0 Å². The molecular formula is C12H22N6O. The number of carbonyl (C=O) groups is 1. The minimum Gasteiger partial charge on any atom is -0.352 e. The summed E-state index contributed by atoms with van der Waals surface area (Å²) in [6.07, 6.45) is 2.16. The zero-order valence-corrected chi connectivity index (χ0v) is 11.9. The van der Waals surface area contributed by atoms with E-state index < -0.39 is 0 Å². The lowest BCUT2D eigenvalue weighted by Gasteiger charge is -2.22. The molecule has 7 nitrogen and oxygen atoms in total. The van der Waals surface area contributed by atoms with E-state index in [1.807, 2.05) is 27.8 Å². The van der Waals surface area contributed by atoms with Crippen LogP contribution in [0.25, 0.3) is 0 Å². The lowest BCUT2D eigenvalue weighted by atomic mass is 10.2. The number of aromatic nitrogens is 2. The molecule has 0 aliphatic carbocycles. The van der Waals surface area contributed by atoms with Gasteiger partial charge in [-0.2, -0.15) is 0 Å². The van der Waals surface area contributed by atoms with Gasteiger partial charge < -0.3 is 15.6 Å². The lowest BCUT2D eigenvalue weighted by molar-refractivity contribution is -0.120. The number of nitrogens with two attached hydrogens (primary N) is 1. The van der Waals surface area contributed by atoms with Crippen LogP contribution >= 0.6 is 0 Å². The van der Waals surface area contributed by atoms with Gasteiger partial charge in [0.05, 0.1) is 6.54 Å². The second kappa shape index (κ2) is 6.89. The van der Waals surface area contributed by atoms with Crippen molar-refractivity contribution < 1.29 is 4.79 Å². The van der Waals surface area contributed by atoms with Crippen molar-refractivity contribution in [3.05, 3.63) is 11.9 Å². The molecule has 0 spiro atoms. The topological polar surface area (TPSA) is 96.2 Å². The van der Waals surface area contributed by atoms with Gasteiger partial charge in [-0.15, -0.1) is 0 Å². The van der Waals surface area contributed by atoms with Gasteiger partial charge in [-0.1, -0.05) is 6.92 Å². The van der Waals surface area contributed by atoms with Crippen molar-refractivity contribution in [1.82, 2.24) is 15.3 Å². The Balaban J connectivity index is 2.87. The maximum atomic E-state index is 11.8. The van der Waals surface area contributed by atoms with Crippen molar-refractivity contribution in [2.45, 2.75) is 33.2 Å². The number of hydrogen-bond donors (Lipinski definition) is 3. The number of nitrogens with one attached hydrogen (secondary N) is 2. The van der Waals surface area contributed by atoms with Crippen molar-refractivity contribution in [2.24, 2.45) is 5.84 Å². The zero-order valence-electron chi connectivity index (χ0n) is 11.9. The molecule has 1 rings (SSSR count). The van der Waals surface area contributed by atoms with E-state index in [4.69, 9.17) is 5.84 Å². The fourth-order valence-corrected chi connectivity index (χ4v) is 1.84. The summed E-state index contributed by atoms with van der Waals surface area (Å²) in [6.45, 7) is 6.09. The summed E-state index contributed by atoms with van der Waals surface area (Å²) < 4.78 is 0. The minimum absolute atomic E-state index is 0.0413. The molecule has 19 heavy (non-hydrogen) atoms. The molecule has 106 valence electrons. The molecular weight excluding hydrogens is 244 g/mol. The zero-order chi connectivity index (χ0) is 14.4. The first kappa shape index (κ1) is 15.2. The van der Waals surface area contributed by atoms with Gasteiger partial charge in [0.2, 0.25) is 5.91 Å². The molecule has 0 radical (unpaired) electrons. The quantitative estimate of drug-likeness (QED) is 0.506. The summed E-state index contributed by atoms with van der Waals surface area (Å²) in [7, 11) is 1.82. The Morgan fingerprint density at radius 3 is 2.68 bits per heavy atom. The third-order valence-electron chi connectivity index (χ3n) is 2.60. The van der Waals surface area contributed by atoms with Crippen LogP contribution in [-0.2, 0) is 11.2 Å². The van der Waals surface area contributed by atoms with Gasteiger partial charge >= 0.3 is 0 Å². The minimum atomic E-state index is -0.0413. The normalized spacial score (nSPS) is 10.4. The molecule has 1 amide bonds. The molecule has 0 fully saturated rings. The first-order valence-electron chi connectivity index (χ1n) is 6.30. The van der Waals surface area contributed by atoms with Gasteiger partial charge in [0.1, 0.15) is 18.0 Å². The van der Waals surface area contributed by atoms with Crippen LogP contribution in [-0.4, -0.2) is 35.5 Å². The summed E-state index contributed by atoms with van der Waals surface area (Å²) >= 11 is 0. The fraction of sp³-hybridized carbons (Fsp3) is 0.583. The summed E-state index contributed by atoms with van der Waals surface area (Å²) in [5.74, 6) is 6.68. The highest BCUT2D eigenvalue weighted by atomic mass is 16.2. The van der Waals surface area contributed by atoms with Crippen LogP contribution in [0.3, 0.4) is 0 Å². The van der Waals surface area contributed by atoms with Crippen LogP contribution in [0.15, 0.2) is 6.33 Å². The van der Waals surface area contributed by atoms with Crippen molar-refractivity contribution >= 4 is 17.5 Å². The predicted molar refractivity (Wildman–Crippen MR) is 75.8 cm³/mol. The van der Waals surface area contributed by atoms with Gasteiger partial charge in [-0.3, -0.25) is 4.79 Å². The highest BCUT2D eigenvalue weighted by Gasteiger charge is 2.15. The van der Waals surface area contributed by atoms with E-state index in [9.17, 15) is 4.79 Å². The Morgan fingerprint density at radius 1 is 1.47 bits per heavy atom. The molecule has 0 aliphatic heterocycles. The van der Waals surface area contributed by atoms with Crippen LogP contribution in [0.1, 0.15) is 26.3 Å². The van der Waals surface area contributed by atoms with E-state index in [-0.39, 0.29) is 18.5 Å².